The maximum absolute atomic E-state index is 5.46. The number of nitrogens with one attached hydrogen (secondary N) is 1. The van der Waals surface area contributed by atoms with E-state index < -0.39 is 0 Å². The quantitative estimate of drug-likeness (QED) is 0.793. The van der Waals surface area contributed by atoms with Crippen LogP contribution in [0.15, 0.2) is 22.8 Å². The Kier molecular flexibility index (Phi) is 1.91. The highest BCUT2D eigenvalue weighted by Crippen LogP contribution is 2.45. The van der Waals surface area contributed by atoms with E-state index >= 15 is 0 Å². The SMILES string of the molecule is c1coc(CC2(C3CC3)CCCN2)c1. The highest BCUT2D eigenvalue weighted by atomic mass is 16.3. The Morgan fingerprint density at radius 3 is 3.00 bits per heavy atom. The number of furan rings is 1. The lowest BCUT2D eigenvalue weighted by Crippen LogP contribution is -2.44. The minimum atomic E-state index is 0.387. The first kappa shape index (κ1) is 8.54. The first-order valence-corrected chi connectivity index (χ1v) is 5.66. The van der Waals surface area contributed by atoms with Gasteiger partial charge in [-0.05, 0) is 50.3 Å². The normalized spacial score (nSPS) is 32.3. The van der Waals surface area contributed by atoms with Crippen molar-refractivity contribution in [2.75, 3.05) is 6.54 Å². The summed E-state index contributed by atoms with van der Waals surface area (Å²) in [6, 6.07) is 4.09. The fourth-order valence-corrected chi connectivity index (χ4v) is 2.83. The third kappa shape index (κ3) is 1.38. The predicted molar refractivity (Wildman–Crippen MR) is 55.1 cm³/mol. The van der Waals surface area contributed by atoms with Crippen LogP contribution in [-0.2, 0) is 6.42 Å². The fraction of sp³-hybridized carbons (Fsp3) is 0.667. The van der Waals surface area contributed by atoms with Crippen molar-refractivity contribution >= 4 is 0 Å². The fourth-order valence-electron chi connectivity index (χ4n) is 2.83. The summed E-state index contributed by atoms with van der Waals surface area (Å²) < 4.78 is 5.46. The van der Waals surface area contributed by atoms with Crippen molar-refractivity contribution in [1.29, 1.82) is 0 Å². The Labute approximate surface area is 84.7 Å². The molecular formula is C12H17NO. The minimum absolute atomic E-state index is 0.387. The van der Waals surface area contributed by atoms with E-state index in [4.69, 9.17) is 4.42 Å². The van der Waals surface area contributed by atoms with E-state index in [2.05, 4.69) is 11.4 Å². The predicted octanol–water partition coefficient (Wildman–Crippen LogP) is 2.35. The summed E-state index contributed by atoms with van der Waals surface area (Å²) in [5.41, 5.74) is 0.387. The Morgan fingerprint density at radius 1 is 1.50 bits per heavy atom. The van der Waals surface area contributed by atoms with E-state index in [0.717, 1.165) is 18.1 Å². The molecule has 2 nitrogen and oxygen atoms in total. The number of hydrogen-bond donors (Lipinski definition) is 1. The lowest BCUT2D eigenvalue weighted by atomic mass is 9.87. The molecule has 1 aromatic heterocycles. The van der Waals surface area contributed by atoms with Gasteiger partial charge in [-0.15, -0.1) is 0 Å². The van der Waals surface area contributed by atoms with Crippen LogP contribution in [0.1, 0.15) is 31.4 Å². The molecule has 2 heterocycles. The lowest BCUT2D eigenvalue weighted by Gasteiger charge is -2.28. The summed E-state index contributed by atoms with van der Waals surface area (Å²) in [7, 11) is 0. The second kappa shape index (κ2) is 3.13. The molecule has 2 aliphatic rings. The van der Waals surface area contributed by atoms with Crippen LogP contribution in [-0.4, -0.2) is 12.1 Å². The Balaban J connectivity index is 1.79. The van der Waals surface area contributed by atoms with Crippen molar-refractivity contribution in [1.82, 2.24) is 5.32 Å². The zero-order chi connectivity index (χ0) is 9.43. The standard InChI is InChI=1S/C12H17NO/c1-3-11(14-8-1)9-12(10-4-5-10)6-2-7-13-12/h1,3,8,10,13H,2,4-7,9H2. The molecule has 2 fully saturated rings. The maximum atomic E-state index is 5.46. The van der Waals surface area contributed by atoms with Gasteiger partial charge < -0.3 is 9.73 Å². The Hall–Kier alpha value is -0.760. The smallest absolute Gasteiger partial charge is 0.105 e. The van der Waals surface area contributed by atoms with Gasteiger partial charge in [-0.3, -0.25) is 0 Å². The van der Waals surface area contributed by atoms with Crippen molar-refractivity contribution in [2.45, 2.75) is 37.6 Å². The van der Waals surface area contributed by atoms with Crippen LogP contribution in [0, 0.1) is 5.92 Å². The summed E-state index contributed by atoms with van der Waals surface area (Å²) in [5.74, 6) is 2.06. The molecule has 14 heavy (non-hydrogen) atoms. The van der Waals surface area contributed by atoms with Gasteiger partial charge in [0.05, 0.1) is 6.26 Å². The summed E-state index contributed by atoms with van der Waals surface area (Å²) >= 11 is 0. The molecule has 0 aromatic carbocycles. The van der Waals surface area contributed by atoms with E-state index in [1.807, 2.05) is 6.07 Å². The van der Waals surface area contributed by atoms with Crippen molar-refractivity contribution in [2.24, 2.45) is 5.92 Å². The largest absolute Gasteiger partial charge is 0.469 e. The van der Waals surface area contributed by atoms with Gasteiger partial charge >= 0.3 is 0 Å². The van der Waals surface area contributed by atoms with Crippen LogP contribution in [0.5, 0.6) is 0 Å². The minimum Gasteiger partial charge on any atom is -0.469 e. The molecule has 76 valence electrons. The zero-order valence-corrected chi connectivity index (χ0v) is 8.46. The second-order valence-corrected chi connectivity index (χ2v) is 4.72. The molecule has 0 bridgehead atoms. The highest BCUT2D eigenvalue weighted by Gasteiger charge is 2.46. The lowest BCUT2D eigenvalue weighted by molar-refractivity contribution is 0.299. The first-order chi connectivity index (χ1) is 6.89. The molecule has 1 saturated carbocycles. The van der Waals surface area contributed by atoms with Crippen LogP contribution in [0.25, 0.3) is 0 Å². The molecule has 1 saturated heterocycles. The molecule has 0 spiro atoms. The van der Waals surface area contributed by atoms with Gasteiger partial charge in [-0.1, -0.05) is 0 Å². The van der Waals surface area contributed by atoms with Crippen molar-refractivity contribution in [3.63, 3.8) is 0 Å². The van der Waals surface area contributed by atoms with Gasteiger partial charge in [-0.25, -0.2) is 0 Å². The average molecular weight is 191 g/mol. The van der Waals surface area contributed by atoms with Crippen LogP contribution >= 0.6 is 0 Å². The summed E-state index contributed by atoms with van der Waals surface area (Å²) in [5, 5.41) is 3.71. The van der Waals surface area contributed by atoms with Crippen LogP contribution in [0.3, 0.4) is 0 Å². The molecule has 0 radical (unpaired) electrons. The van der Waals surface area contributed by atoms with Gasteiger partial charge in [0.15, 0.2) is 0 Å². The number of rotatable bonds is 3. The van der Waals surface area contributed by atoms with Crippen LogP contribution < -0.4 is 5.32 Å². The van der Waals surface area contributed by atoms with Crippen LogP contribution in [0.2, 0.25) is 0 Å². The van der Waals surface area contributed by atoms with E-state index in [1.54, 1.807) is 6.26 Å². The number of hydrogen-bond acceptors (Lipinski definition) is 2. The molecule has 1 aliphatic heterocycles. The molecule has 2 heteroatoms. The molecule has 0 amide bonds. The monoisotopic (exact) mass is 191 g/mol. The van der Waals surface area contributed by atoms with E-state index in [1.165, 1.54) is 32.2 Å². The van der Waals surface area contributed by atoms with Gasteiger partial charge in [0.25, 0.3) is 0 Å². The summed E-state index contributed by atoms with van der Waals surface area (Å²) in [6.45, 7) is 1.19. The highest BCUT2D eigenvalue weighted by molar-refractivity contribution is 5.12. The third-order valence-electron chi connectivity index (χ3n) is 3.71. The third-order valence-corrected chi connectivity index (χ3v) is 3.71. The molecule has 1 aliphatic carbocycles. The van der Waals surface area contributed by atoms with Gasteiger partial charge in [0, 0.05) is 12.0 Å². The topological polar surface area (TPSA) is 25.2 Å². The van der Waals surface area contributed by atoms with Crippen molar-refractivity contribution in [3.05, 3.63) is 24.2 Å². The Morgan fingerprint density at radius 2 is 2.43 bits per heavy atom. The first-order valence-electron chi connectivity index (χ1n) is 5.66. The molecule has 3 rings (SSSR count). The van der Waals surface area contributed by atoms with Crippen LogP contribution in [0.4, 0.5) is 0 Å². The maximum Gasteiger partial charge on any atom is 0.105 e. The van der Waals surface area contributed by atoms with Gasteiger partial charge in [-0.2, -0.15) is 0 Å². The molecule has 1 N–H and O–H groups in total. The van der Waals surface area contributed by atoms with Crippen molar-refractivity contribution in [3.8, 4) is 0 Å². The van der Waals surface area contributed by atoms with E-state index in [0.29, 0.717) is 5.54 Å². The van der Waals surface area contributed by atoms with E-state index in [9.17, 15) is 0 Å². The zero-order valence-electron chi connectivity index (χ0n) is 8.46. The Bertz CT molecular complexity index is 294. The molecule has 1 atom stereocenters. The van der Waals surface area contributed by atoms with E-state index in [-0.39, 0.29) is 0 Å². The summed E-state index contributed by atoms with van der Waals surface area (Å²) in [6.07, 6.45) is 8.35. The molecular weight excluding hydrogens is 174 g/mol. The van der Waals surface area contributed by atoms with Crippen molar-refractivity contribution < 1.29 is 4.42 Å². The molecule has 1 aromatic rings. The average Bonchev–Trinajstić information content (AvgIpc) is 2.76. The van der Waals surface area contributed by atoms with Gasteiger partial charge in [0.1, 0.15) is 5.76 Å². The second-order valence-electron chi connectivity index (χ2n) is 4.72. The molecule has 1 unspecified atom stereocenters. The summed E-state index contributed by atoms with van der Waals surface area (Å²) in [4.78, 5) is 0. The van der Waals surface area contributed by atoms with Gasteiger partial charge in [0.2, 0.25) is 0 Å².